The second-order valence-corrected chi connectivity index (χ2v) is 24.4. The first-order valence-electron chi connectivity index (χ1n) is 28.2. The number of ether oxygens (including phenoxy) is 2. The van der Waals surface area contributed by atoms with Crippen molar-refractivity contribution < 1.29 is 88.9 Å². The zero-order valence-electron chi connectivity index (χ0n) is 50.5. The van der Waals surface area contributed by atoms with Gasteiger partial charge in [-0.05, 0) is 63.2 Å². The van der Waals surface area contributed by atoms with Gasteiger partial charge in [0.15, 0.2) is 0 Å². The van der Waals surface area contributed by atoms with Crippen LogP contribution in [0.2, 0.25) is 0 Å². The average Bonchev–Trinajstić information content (AvgIpc) is 3.93. The van der Waals surface area contributed by atoms with Crippen LogP contribution in [0.5, 0.6) is 0 Å². The molecule has 2 heterocycles. The summed E-state index contributed by atoms with van der Waals surface area (Å²) in [7, 11) is -5.46. The number of phosphoric ester groups is 1. The van der Waals surface area contributed by atoms with Crippen molar-refractivity contribution in [1.29, 1.82) is 14.7 Å². The molecule has 3 N–H and O–H groups in total. The molecule has 0 amide bonds. The van der Waals surface area contributed by atoms with Crippen molar-refractivity contribution in [2.24, 2.45) is 69.1 Å². The van der Waals surface area contributed by atoms with Gasteiger partial charge < -0.3 is 24.0 Å². The molecule has 2 aliphatic rings. The molecule has 20 heteroatoms. The summed E-state index contributed by atoms with van der Waals surface area (Å²) in [5.41, 5.74) is 0. The second-order valence-electron chi connectivity index (χ2n) is 21.2. The van der Waals surface area contributed by atoms with E-state index in [4.69, 9.17) is 54.4 Å². The number of hydrogen-bond donors (Lipinski definition) is 3. The molecule has 16 nitrogen and oxygen atoms in total. The van der Waals surface area contributed by atoms with Crippen LogP contribution in [0.3, 0.4) is 0 Å². The van der Waals surface area contributed by atoms with E-state index in [1.807, 2.05) is 23.3 Å². The first-order chi connectivity index (χ1) is 35.2. The zero-order chi connectivity index (χ0) is 58.3. The molecule has 2 rings (SSSR count). The van der Waals surface area contributed by atoms with Crippen molar-refractivity contribution in [3.63, 3.8) is 0 Å². The summed E-state index contributed by atoms with van der Waals surface area (Å²) >= 11 is 3.51. The first kappa shape index (κ1) is 71.0. The van der Waals surface area contributed by atoms with Crippen molar-refractivity contribution in [1.82, 2.24) is 4.67 Å². The van der Waals surface area contributed by atoms with Gasteiger partial charge in [0.1, 0.15) is 6.10 Å². The van der Waals surface area contributed by atoms with Crippen molar-refractivity contribution in [2.45, 2.75) is 225 Å². The van der Waals surface area contributed by atoms with Crippen LogP contribution in [-0.4, -0.2) is 103 Å². The van der Waals surface area contributed by atoms with E-state index < -0.39 is 47.8 Å². The van der Waals surface area contributed by atoms with Crippen LogP contribution >= 0.6 is 16.3 Å². The Kier molecular flexibility index (Phi) is 40.8. The van der Waals surface area contributed by atoms with E-state index in [0.717, 1.165) is 12.8 Å². The topological polar surface area (TPSA) is 218 Å². The Hall–Kier alpha value is -0.0312. The van der Waals surface area contributed by atoms with Crippen LogP contribution < -0.4 is 0 Å². The van der Waals surface area contributed by atoms with E-state index in [2.05, 4.69) is 146 Å². The fourth-order valence-electron chi connectivity index (χ4n) is 8.83. The number of nitrogens with one attached hydrogen (secondary N) is 1. The van der Waals surface area contributed by atoms with E-state index in [1.165, 1.54) is 6.42 Å². The van der Waals surface area contributed by atoms with Crippen molar-refractivity contribution in [3.8, 4) is 12.1 Å². The molecule has 73 heavy (non-hydrogen) atoms. The van der Waals surface area contributed by atoms with Gasteiger partial charge in [-0.15, -0.1) is 0 Å². The van der Waals surface area contributed by atoms with Gasteiger partial charge in [0, 0.05) is 25.1 Å². The molecule has 0 aliphatic carbocycles. The Balaban J connectivity index is 0. The molecule has 428 valence electrons. The predicted molar refractivity (Wildman–Crippen MR) is 284 cm³/mol. The second kappa shape index (κ2) is 41.9. The molecule has 2 fully saturated rings. The predicted octanol–water partition coefficient (Wildman–Crippen LogP) is 13.6. The summed E-state index contributed by atoms with van der Waals surface area (Å²) in [5.74, 6) is 4.61. The quantitative estimate of drug-likeness (QED) is 0.0316. The number of aliphatic hydroxyl groups excluding tert-OH is 2. The number of hydrogen-bond acceptors (Lipinski definition) is 16. The molecule has 0 aromatic rings. The van der Waals surface area contributed by atoms with Crippen LogP contribution in [0.1, 0.15) is 179 Å². The van der Waals surface area contributed by atoms with E-state index in [9.17, 15) is 14.8 Å². The third-order valence-corrected chi connectivity index (χ3v) is 19.5. The zero-order valence-corrected chi connectivity index (χ0v) is 53.1. The summed E-state index contributed by atoms with van der Waals surface area (Å²) < 4.78 is 81.7. The van der Waals surface area contributed by atoms with E-state index >= 15 is 0 Å². The molecule has 2 saturated heterocycles. The van der Waals surface area contributed by atoms with Gasteiger partial charge in [0.05, 0.1) is 39.3 Å². The molecule has 20 atom stereocenters. The van der Waals surface area contributed by atoms with Gasteiger partial charge in [-0.1, -0.05) is 89.0 Å². The summed E-state index contributed by atoms with van der Waals surface area (Å²) in [6.07, 6.45) is 1.43. The van der Waals surface area contributed by atoms with Gasteiger partial charge in [-0.25, -0.2) is 4.67 Å². The summed E-state index contributed by atoms with van der Waals surface area (Å²) in [6.45, 7) is 40.0. The Morgan fingerprint density at radius 3 is 1.67 bits per heavy atom. The molecule has 0 spiro atoms. The number of nitrogens with zero attached hydrogens (tertiary/aromatic N) is 4. The summed E-state index contributed by atoms with van der Waals surface area (Å²) in [4.78, 5) is 5.08. The van der Waals surface area contributed by atoms with Gasteiger partial charge in [-0.2, -0.15) is 5.26 Å². The fraction of sp³-hybridized carbons (Fsp3) is 0.962. The van der Waals surface area contributed by atoms with Crippen molar-refractivity contribution in [2.75, 3.05) is 39.6 Å². The SMILES string of the molecule is CCC(C)C(C)C(C)C(O)C(C)C(C)C(C)C.[3H]C1CC(OP(=O)(OCCC#N)OC(C(C)C(C)CC)C(C)C(C)C(C)CC)C(CO[N]=[V])O1.[3H]C1CC(OP(OCCC#N)N(C(C)C)C(C)C)C(CO)O1.[NH]=[V]. The molecule has 0 aromatic carbocycles. The minimum atomic E-state index is -4.09. The molecular weight excluding hydrogens is 1050 g/mol. The number of aliphatic hydroxyl groups is 2. The standard InChI is InChI=1S/C23H43N2O6P.C16H34O.C14H27N2O4P.HN.2V/c1-8-16(3)18(5)20(7)23(19(6)17(4)9-2)31-32(26,29-13-10-12-24)30-21-11-14-27-22(21)15-28-25;1-9-11(4)13(6)15(8)16(17)14(7)12(5)10(2)3;1-11(2)16(12(3)4)21(19-8-5-7-15)20-13-6-9-18-14(13)10-17;;;/h16-23H,8-11,13-15H2,1-7H3;10-17H,9H2,1-8H3;11-14,17H,5-6,8-10H2,1-4H3;1H;;/i14T;;9T;;;. The van der Waals surface area contributed by atoms with Gasteiger partial charge in [-0.3, -0.25) is 0 Å². The maximum atomic E-state index is 14.0. The summed E-state index contributed by atoms with van der Waals surface area (Å²) in [6, 6.07) is 4.49. The Morgan fingerprint density at radius 2 is 1.21 bits per heavy atom. The molecule has 0 saturated carbocycles. The Bertz CT molecular complexity index is 1620. The minimum absolute atomic E-state index is 0.0567. The molecule has 2 aliphatic heterocycles. The van der Waals surface area contributed by atoms with Crippen LogP contribution in [0.25, 0.3) is 0 Å². The van der Waals surface area contributed by atoms with Crippen LogP contribution in [-0.2, 0) is 76.0 Å². The van der Waals surface area contributed by atoms with E-state index in [-0.39, 0.29) is 74.9 Å². The number of nitriles is 2. The monoisotopic (exact) mass is 1160 g/mol. The molecule has 0 radical (unpaired) electrons. The molecular formula is C53H105N5O11P2V2. The third kappa shape index (κ3) is 27.6. The van der Waals surface area contributed by atoms with E-state index in [1.54, 1.807) is 17.2 Å². The molecule has 0 aromatic heterocycles. The van der Waals surface area contributed by atoms with Gasteiger partial charge >= 0.3 is 206 Å². The Labute approximate surface area is 468 Å². The first-order valence-corrected chi connectivity index (χ1v) is 30.9. The van der Waals surface area contributed by atoms with Crippen LogP contribution in [0.4, 0.5) is 0 Å². The maximum absolute atomic E-state index is 14.0. The fourth-order valence-corrected chi connectivity index (χ4v) is 12.4. The third-order valence-electron chi connectivity index (χ3n) is 15.6. The molecule has 20 unspecified atom stereocenters. The summed E-state index contributed by atoms with van der Waals surface area (Å²) in [5, 5.41) is 37.5. The number of phosphoric acid groups is 1. The van der Waals surface area contributed by atoms with Crippen LogP contribution in [0, 0.1) is 92.0 Å². The van der Waals surface area contributed by atoms with Gasteiger partial charge in [0.2, 0.25) is 0 Å². The van der Waals surface area contributed by atoms with E-state index in [0.29, 0.717) is 72.7 Å². The van der Waals surface area contributed by atoms with Crippen molar-refractivity contribution in [3.05, 3.63) is 0 Å². The number of rotatable bonds is 33. The van der Waals surface area contributed by atoms with Gasteiger partial charge in [0.25, 0.3) is 8.53 Å². The Morgan fingerprint density at radius 1 is 0.740 bits per heavy atom. The normalized spacial score (nSPS) is 26.4. The van der Waals surface area contributed by atoms with Crippen LogP contribution in [0.15, 0.2) is 3.95 Å². The van der Waals surface area contributed by atoms with Crippen molar-refractivity contribution >= 4 is 16.3 Å². The average molecular weight is 1160 g/mol. The molecule has 0 bridgehead atoms.